The Hall–Kier alpha value is -3.80. The quantitative estimate of drug-likeness (QED) is 0.757. The summed E-state index contributed by atoms with van der Waals surface area (Å²) in [6.45, 7) is -0.0634. The Morgan fingerprint density at radius 1 is 1.36 bits per heavy atom. The zero-order valence-corrected chi connectivity index (χ0v) is 12.8. The second-order valence-corrected chi connectivity index (χ2v) is 4.94. The van der Waals surface area contributed by atoms with Gasteiger partial charge in [0.1, 0.15) is 18.5 Å². The van der Waals surface area contributed by atoms with Crippen molar-refractivity contribution in [1.29, 1.82) is 5.26 Å². The molecule has 3 aromatic rings. The molecule has 2 aromatic heterocycles. The summed E-state index contributed by atoms with van der Waals surface area (Å²) in [4.78, 5) is 20.1. The van der Waals surface area contributed by atoms with E-state index in [1.54, 1.807) is 18.3 Å². The van der Waals surface area contributed by atoms with E-state index in [0.717, 1.165) is 0 Å². The molecule has 8 nitrogen and oxygen atoms in total. The van der Waals surface area contributed by atoms with Gasteiger partial charge in [0.05, 0.1) is 17.3 Å². The van der Waals surface area contributed by atoms with Crippen LogP contribution in [0.25, 0.3) is 5.82 Å². The molecule has 0 aliphatic heterocycles. The van der Waals surface area contributed by atoms with Gasteiger partial charge in [0.15, 0.2) is 5.82 Å². The SMILES string of the molecule is N#Cc1ccc(F)c(CNC(=O)Nc2cccnc2-n2cncn2)c1. The van der Waals surface area contributed by atoms with Gasteiger partial charge in [-0.25, -0.2) is 23.8 Å². The average Bonchev–Trinajstić information content (AvgIpc) is 3.16. The molecule has 3 rings (SSSR count). The van der Waals surface area contributed by atoms with E-state index in [4.69, 9.17) is 5.26 Å². The van der Waals surface area contributed by atoms with Crippen molar-refractivity contribution in [2.45, 2.75) is 6.54 Å². The number of amides is 2. The maximum atomic E-state index is 13.7. The number of nitrogens with one attached hydrogen (secondary N) is 2. The lowest BCUT2D eigenvalue weighted by Gasteiger charge is -2.11. The number of nitriles is 1. The second-order valence-electron chi connectivity index (χ2n) is 4.94. The van der Waals surface area contributed by atoms with Gasteiger partial charge in [0, 0.05) is 18.3 Å². The number of aromatic nitrogens is 4. The highest BCUT2D eigenvalue weighted by molar-refractivity contribution is 5.90. The first-order chi connectivity index (χ1) is 12.2. The van der Waals surface area contributed by atoms with Crippen molar-refractivity contribution >= 4 is 11.7 Å². The summed E-state index contributed by atoms with van der Waals surface area (Å²) >= 11 is 0. The normalized spacial score (nSPS) is 10.1. The number of carbonyl (C=O) groups is 1. The molecular formula is C16H12FN7O. The Balaban J connectivity index is 1.69. The van der Waals surface area contributed by atoms with Crippen LogP contribution < -0.4 is 10.6 Å². The summed E-state index contributed by atoms with van der Waals surface area (Å²) in [6.07, 6.45) is 4.36. The lowest BCUT2D eigenvalue weighted by atomic mass is 10.1. The van der Waals surface area contributed by atoms with E-state index in [0.29, 0.717) is 17.1 Å². The Morgan fingerprint density at radius 3 is 3.00 bits per heavy atom. The van der Waals surface area contributed by atoms with Crippen LogP contribution in [0.2, 0.25) is 0 Å². The topological polar surface area (TPSA) is 109 Å². The average molecular weight is 337 g/mol. The predicted molar refractivity (Wildman–Crippen MR) is 86.1 cm³/mol. The van der Waals surface area contributed by atoms with Gasteiger partial charge in [0.25, 0.3) is 0 Å². The summed E-state index contributed by atoms with van der Waals surface area (Å²) in [5.74, 6) is -0.100. The number of hydrogen-bond acceptors (Lipinski definition) is 5. The van der Waals surface area contributed by atoms with Crippen LogP contribution in [-0.2, 0) is 6.54 Å². The summed E-state index contributed by atoms with van der Waals surface area (Å²) in [6, 6.07) is 8.65. The van der Waals surface area contributed by atoms with Crippen molar-refractivity contribution in [3.8, 4) is 11.9 Å². The van der Waals surface area contributed by atoms with Gasteiger partial charge < -0.3 is 10.6 Å². The molecule has 1 aromatic carbocycles. The van der Waals surface area contributed by atoms with E-state index in [9.17, 15) is 9.18 Å². The molecule has 9 heteroatoms. The van der Waals surface area contributed by atoms with Crippen molar-refractivity contribution in [1.82, 2.24) is 25.1 Å². The predicted octanol–water partition coefficient (Wildman–Crippen LogP) is 1.99. The first-order valence-electron chi connectivity index (χ1n) is 7.21. The van der Waals surface area contributed by atoms with Crippen LogP contribution in [0.4, 0.5) is 14.9 Å². The van der Waals surface area contributed by atoms with E-state index in [-0.39, 0.29) is 12.1 Å². The smallest absolute Gasteiger partial charge is 0.319 e. The highest BCUT2D eigenvalue weighted by Gasteiger charge is 2.11. The molecule has 0 aliphatic carbocycles. The first kappa shape index (κ1) is 16.1. The molecule has 0 spiro atoms. The van der Waals surface area contributed by atoms with Gasteiger partial charge in [-0.2, -0.15) is 10.4 Å². The number of carbonyl (C=O) groups excluding carboxylic acids is 1. The minimum Gasteiger partial charge on any atom is -0.334 e. The van der Waals surface area contributed by atoms with Gasteiger partial charge in [-0.05, 0) is 30.3 Å². The molecule has 0 saturated heterocycles. The number of urea groups is 1. The van der Waals surface area contributed by atoms with Crippen LogP contribution in [-0.4, -0.2) is 25.8 Å². The Kier molecular flexibility index (Phi) is 4.62. The molecule has 2 amide bonds. The lowest BCUT2D eigenvalue weighted by molar-refractivity contribution is 0.251. The monoisotopic (exact) mass is 337 g/mol. The lowest BCUT2D eigenvalue weighted by Crippen LogP contribution is -2.29. The molecule has 0 fully saturated rings. The summed E-state index contributed by atoms with van der Waals surface area (Å²) in [5.41, 5.74) is 0.952. The zero-order chi connectivity index (χ0) is 17.6. The molecule has 0 radical (unpaired) electrons. The molecule has 0 aliphatic rings. The van der Waals surface area contributed by atoms with E-state index in [1.807, 2.05) is 6.07 Å². The van der Waals surface area contributed by atoms with Crippen LogP contribution in [0.15, 0.2) is 49.2 Å². The molecule has 124 valence electrons. The number of rotatable bonds is 4. The Morgan fingerprint density at radius 2 is 2.24 bits per heavy atom. The fourth-order valence-electron chi connectivity index (χ4n) is 2.12. The van der Waals surface area contributed by atoms with E-state index < -0.39 is 11.8 Å². The fraction of sp³-hybridized carbons (Fsp3) is 0.0625. The fourth-order valence-corrected chi connectivity index (χ4v) is 2.12. The number of hydrogen-bond donors (Lipinski definition) is 2. The molecule has 0 atom stereocenters. The maximum Gasteiger partial charge on any atom is 0.319 e. The van der Waals surface area contributed by atoms with Crippen LogP contribution in [0.3, 0.4) is 0 Å². The van der Waals surface area contributed by atoms with Crippen molar-refractivity contribution in [2.24, 2.45) is 0 Å². The number of pyridine rings is 1. The number of halogens is 1. The third-order valence-corrected chi connectivity index (χ3v) is 3.28. The third-order valence-electron chi connectivity index (χ3n) is 3.28. The molecule has 0 saturated carbocycles. The number of anilines is 1. The largest absolute Gasteiger partial charge is 0.334 e. The van der Waals surface area contributed by atoms with E-state index in [2.05, 4.69) is 25.7 Å². The number of benzene rings is 1. The highest BCUT2D eigenvalue weighted by Crippen LogP contribution is 2.15. The van der Waals surface area contributed by atoms with Crippen LogP contribution >= 0.6 is 0 Å². The van der Waals surface area contributed by atoms with Crippen molar-refractivity contribution in [2.75, 3.05) is 5.32 Å². The van der Waals surface area contributed by atoms with Crippen molar-refractivity contribution < 1.29 is 9.18 Å². The van der Waals surface area contributed by atoms with Gasteiger partial charge in [-0.3, -0.25) is 0 Å². The van der Waals surface area contributed by atoms with Gasteiger partial charge in [-0.1, -0.05) is 0 Å². The second kappa shape index (κ2) is 7.18. The third kappa shape index (κ3) is 3.76. The van der Waals surface area contributed by atoms with Gasteiger partial charge >= 0.3 is 6.03 Å². The maximum absolute atomic E-state index is 13.7. The Labute approximate surface area is 142 Å². The standard InChI is InChI=1S/C16H12FN7O/c17-13-4-3-11(7-18)6-12(13)8-21-16(25)23-14-2-1-5-20-15(14)24-10-19-9-22-24/h1-6,9-10H,8H2,(H2,21,23,25). The highest BCUT2D eigenvalue weighted by atomic mass is 19.1. The summed E-state index contributed by atoms with van der Waals surface area (Å²) in [7, 11) is 0. The van der Waals surface area contributed by atoms with Crippen LogP contribution in [0.1, 0.15) is 11.1 Å². The number of nitrogens with zero attached hydrogens (tertiary/aromatic N) is 5. The minimum absolute atomic E-state index is 0.0634. The summed E-state index contributed by atoms with van der Waals surface area (Å²) < 4.78 is 15.1. The summed E-state index contributed by atoms with van der Waals surface area (Å²) in [5, 5.41) is 18.0. The molecule has 2 N–H and O–H groups in total. The van der Waals surface area contributed by atoms with Gasteiger partial charge in [-0.15, -0.1) is 0 Å². The van der Waals surface area contributed by atoms with Crippen LogP contribution in [0.5, 0.6) is 0 Å². The van der Waals surface area contributed by atoms with Crippen molar-refractivity contribution in [3.63, 3.8) is 0 Å². The Bertz CT molecular complexity index is 934. The van der Waals surface area contributed by atoms with E-state index in [1.165, 1.54) is 35.5 Å². The zero-order valence-electron chi connectivity index (χ0n) is 12.8. The molecule has 25 heavy (non-hydrogen) atoms. The van der Waals surface area contributed by atoms with Crippen molar-refractivity contribution in [3.05, 3.63) is 66.1 Å². The first-order valence-corrected chi connectivity index (χ1v) is 7.21. The van der Waals surface area contributed by atoms with E-state index >= 15 is 0 Å². The molecule has 2 heterocycles. The molecule has 0 unspecified atom stereocenters. The van der Waals surface area contributed by atoms with Crippen LogP contribution in [0, 0.1) is 17.1 Å². The molecular weight excluding hydrogens is 325 g/mol. The minimum atomic E-state index is -0.545. The molecule has 0 bridgehead atoms. The van der Waals surface area contributed by atoms with Gasteiger partial charge in [0.2, 0.25) is 0 Å².